The van der Waals surface area contributed by atoms with Crippen LogP contribution in [0, 0.1) is 29.1 Å². The Kier molecular flexibility index (Phi) is 4.86. The van der Waals surface area contributed by atoms with Crippen molar-refractivity contribution in [1.82, 2.24) is 9.88 Å². The summed E-state index contributed by atoms with van der Waals surface area (Å²) in [4.78, 5) is 18.9. The molecule has 0 radical (unpaired) electrons. The molecule has 2 heterocycles. The van der Waals surface area contributed by atoms with Crippen molar-refractivity contribution in [2.75, 3.05) is 18.4 Å². The monoisotopic (exact) mass is 508 g/mol. The van der Waals surface area contributed by atoms with Crippen molar-refractivity contribution in [2.24, 2.45) is 17.8 Å². The summed E-state index contributed by atoms with van der Waals surface area (Å²) in [6, 6.07) is 5.71. The van der Waals surface area contributed by atoms with Gasteiger partial charge in [-0.3, -0.25) is 0 Å². The lowest BCUT2D eigenvalue weighted by Crippen LogP contribution is -2.64. The Hall–Kier alpha value is -1.60. The molecule has 1 aromatic heterocycles. The van der Waals surface area contributed by atoms with E-state index in [9.17, 15) is 9.90 Å². The van der Waals surface area contributed by atoms with Gasteiger partial charge in [0.05, 0.1) is 11.2 Å². The summed E-state index contributed by atoms with van der Waals surface area (Å²) in [6.45, 7) is 1.25. The molecule has 4 saturated carbocycles. The molecule has 1 aromatic rings. The van der Waals surface area contributed by atoms with Crippen molar-refractivity contribution in [2.45, 2.75) is 53.8 Å². The first-order chi connectivity index (χ1) is 13.9. The Labute approximate surface area is 184 Å². The largest absolute Gasteiger partial charge is 0.445 e. The third kappa shape index (κ3) is 3.46. The molecule has 1 saturated heterocycles. The molecule has 8 heteroatoms. The summed E-state index contributed by atoms with van der Waals surface area (Å²) in [5.74, 6) is 1.87. The van der Waals surface area contributed by atoms with E-state index in [-0.39, 0.29) is 28.1 Å². The number of aromatic nitrogens is 1. The number of pyridine rings is 1. The number of nitrogens with zero attached hydrogens (tertiary/aromatic N) is 3. The van der Waals surface area contributed by atoms with Gasteiger partial charge in [0.2, 0.25) is 0 Å². The summed E-state index contributed by atoms with van der Waals surface area (Å²) < 4.78 is 6.21. The summed E-state index contributed by atoms with van der Waals surface area (Å²) in [5, 5.41) is 23.2. The number of nitrogens with one attached hydrogen (secondary N) is 1. The van der Waals surface area contributed by atoms with E-state index < -0.39 is 5.60 Å². The number of amides is 1. The lowest BCUT2D eigenvalue weighted by Gasteiger charge is -2.59. The highest BCUT2D eigenvalue weighted by Gasteiger charge is 2.61. The molecule has 5 fully saturated rings. The van der Waals surface area contributed by atoms with Crippen LogP contribution >= 0.6 is 22.6 Å². The quantitative estimate of drug-likeness (QED) is 0.482. The van der Waals surface area contributed by atoms with E-state index in [1.54, 1.807) is 23.2 Å². The Bertz CT molecular complexity index is 843. The molecule has 6 rings (SSSR count). The van der Waals surface area contributed by atoms with Gasteiger partial charge in [-0.15, -0.1) is 0 Å². The summed E-state index contributed by atoms with van der Waals surface area (Å²) in [6.07, 6.45) is 5.92. The highest BCUT2D eigenvalue weighted by atomic mass is 127. The second-order valence-electron chi connectivity index (χ2n) is 9.14. The fourth-order valence-corrected chi connectivity index (χ4v) is 7.22. The van der Waals surface area contributed by atoms with Crippen LogP contribution in [-0.2, 0) is 4.74 Å². The number of rotatable bonds is 3. The topological polar surface area (TPSA) is 98.5 Å². The molecule has 7 nitrogen and oxygen atoms in total. The highest BCUT2D eigenvalue weighted by molar-refractivity contribution is 14.1. The van der Waals surface area contributed by atoms with Gasteiger partial charge in [-0.1, -0.05) is 22.6 Å². The second kappa shape index (κ2) is 7.27. The van der Waals surface area contributed by atoms with E-state index in [1.165, 1.54) is 0 Å². The van der Waals surface area contributed by atoms with E-state index in [2.05, 4.69) is 39.0 Å². The summed E-state index contributed by atoms with van der Waals surface area (Å²) in [7, 11) is 0. The molecular weight excluding hydrogens is 483 g/mol. The van der Waals surface area contributed by atoms with Gasteiger partial charge in [0.1, 0.15) is 18.0 Å². The van der Waals surface area contributed by atoms with Gasteiger partial charge < -0.3 is 20.1 Å². The van der Waals surface area contributed by atoms with Crippen LogP contribution in [0.3, 0.4) is 0 Å². The lowest BCUT2D eigenvalue weighted by atomic mass is 9.53. The van der Waals surface area contributed by atoms with Crippen LogP contribution < -0.4 is 5.32 Å². The van der Waals surface area contributed by atoms with Gasteiger partial charge >= 0.3 is 6.09 Å². The predicted octanol–water partition coefficient (Wildman–Crippen LogP) is 2.93. The molecule has 0 aromatic carbocycles. The van der Waals surface area contributed by atoms with E-state index in [0.717, 1.165) is 32.1 Å². The average Bonchev–Trinajstić information content (AvgIpc) is 3.17. The van der Waals surface area contributed by atoms with Crippen LogP contribution in [0.1, 0.15) is 37.7 Å². The normalized spacial score (nSPS) is 40.0. The molecule has 154 valence electrons. The Balaban J connectivity index is 1.18. The van der Waals surface area contributed by atoms with Crippen molar-refractivity contribution < 1.29 is 14.6 Å². The van der Waals surface area contributed by atoms with Gasteiger partial charge in [0.25, 0.3) is 0 Å². The number of aliphatic hydroxyl groups is 1. The maximum atomic E-state index is 12.9. The third-order valence-corrected chi connectivity index (χ3v) is 9.29. The second-order valence-corrected chi connectivity index (χ2v) is 10.5. The van der Waals surface area contributed by atoms with Crippen molar-refractivity contribution in [3.8, 4) is 6.07 Å². The van der Waals surface area contributed by atoms with Gasteiger partial charge in [-0.05, 0) is 56.1 Å². The van der Waals surface area contributed by atoms with Gasteiger partial charge in [-0.25, -0.2) is 9.78 Å². The molecule has 7 atom stereocenters. The first-order valence-electron chi connectivity index (χ1n) is 10.4. The van der Waals surface area contributed by atoms with E-state index in [4.69, 9.17) is 10.00 Å². The van der Waals surface area contributed by atoms with Crippen LogP contribution in [0.2, 0.25) is 0 Å². The molecule has 7 unspecified atom stereocenters. The van der Waals surface area contributed by atoms with E-state index in [1.807, 2.05) is 0 Å². The lowest BCUT2D eigenvalue weighted by molar-refractivity contribution is -0.168. The molecule has 4 aliphatic carbocycles. The smallest absolute Gasteiger partial charge is 0.410 e. The summed E-state index contributed by atoms with van der Waals surface area (Å²) in [5.41, 5.74) is -0.0300. The molecule has 4 bridgehead atoms. The van der Waals surface area contributed by atoms with Crippen LogP contribution in [-0.4, -0.2) is 55.8 Å². The van der Waals surface area contributed by atoms with Gasteiger partial charge in [-0.2, -0.15) is 5.26 Å². The van der Waals surface area contributed by atoms with Crippen LogP contribution in [0.5, 0.6) is 0 Å². The fourth-order valence-electron chi connectivity index (χ4n) is 6.01. The third-order valence-electron chi connectivity index (χ3n) is 7.20. The Morgan fingerprint density at radius 2 is 2.28 bits per heavy atom. The number of hydrogen-bond acceptors (Lipinski definition) is 6. The molecule has 5 aliphatic rings. The SMILES string of the molecule is N#Cc1ccc(NC2CCN(C(=O)OC3C4CC5CC3C(I)C(O)(C5)C4)C2)nc1. The minimum Gasteiger partial charge on any atom is -0.445 e. The molecule has 0 spiro atoms. The molecule has 2 N–H and O–H groups in total. The minimum atomic E-state index is -0.559. The number of anilines is 1. The predicted molar refractivity (Wildman–Crippen MR) is 115 cm³/mol. The van der Waals surface area contributed by atoms with Gasteiger partial charge in [0, 0.05) is 35.2 Å². The maximum absolute atomic E-state index is 12.9. The number of halogens is 1. The summed E-state index contributed by atoms with van der Waals surface area (Å²) >= 11 is 2.38. The fraction of sp³-hybridized carbons (Fsp3) is 0.667. The van der Waals surface area contributed by atoms with Gasteiger partial charge in [0.15, 0.2) is 0 Å². The van der Waals surface area contributed by atoms with Crippen molar-refractivity contribution in [1.29, 1.82) is 5.26 Å². The standard InChI is InChI=1S/C21H25IN4O3/c22-19-16-6-13-5-14(8-21(19,28)7-13)18(16)29-20(27)26-4-3-15(11-26)25-17-2-1-12(9-23)10-24-17/h1-2,10,13-16,18-19,28H,3-8,11H2,(H,24,25). The Morgan fingerprint density at radius 1 is 1.41 bits per heavy atom. The number of alkyl halides is 1. The van der Waals surface area contributed by atoms with Crippen LogP contribution in [0.15, 0.2) is 18.3 Å². The van der Waals surface area contributed by atoms with Crippen LogP contribution in [0.4, 0.5) is 10.6 Å². The zero-order valence-corrected chi connectivity index (χ0v) is 18.3. The molecule has 1 aliphatic heterocycles. The molecular formula is C21H25IN4O3. The first kappa shape index (κ1) is 19.4. The van der Waals surface area contributed by atoms with Crippen molar-refractivity contribution in [3.05, 3.63) is 23.9 Å². The zero-order chi connectivity index (χ0) is 20.2. The van der Waals surface area contributed by atoms with E-state index >= 15 is 0 Å². The number of hydrogen-bond donors (Lipinski definition) is 2. The van der Waals surface area contributed by atoms with Crippen LogP contribution in [0.25, 0.3) is 0 Å². The zero-order valence-electron chi connectivity index (χ0n) is 16.1. The number of carbonyl (C=O) groups is 1. The average molecular weight is 508 g/mol. The van der Waals surface area contributed by atoms with Crippen molar-refractivity contribution >= 4 is 34.5 Å². The van der Waals surface area contributed by atoms with E-state index in [0.29, 0.717) is 36.3 Å². The number of nitriles is 1. The van der Waals surface area contributed by atoms with Crippen molar-refractivity contribution in [3.63, 3.8) is 0 Å². The molecule has 29 heavy (non-hydrogen) atoms. The Morgan fingerprint density at radius 3 is 3.03 bits per heavy atom. The first-order valence-corrected chi connectivity index (χ1v) is 11.6. The minimum absolute atomic E-state index is 0.0616. The maximum Gasteiger partial charge on any atom is 0.410 e. The highest BCUT2D eigenvalue weighted by Crippen LogP contribution is 2.59. The molecule has 1 amide bonds. The number of carbonyl (C=O) groups excluding carboxylic acids is 1. The number of ether oxygens (including phenoxy) is 1. The number of likely N-dealkylation sites (tertiary alicyclic amines) is 1.